The van der Waals surface area contributed by atoms with Crippen LogP contribution in [0.4, 0.5) is 0 Å². The average molecular weight is 310 g/mol. The normalized spacial score (nSPS) is 16.7. The van der Waals surface area contributed by atoms with Crippen LogP contribution in [0.3, 0.4) is 0 Å². The summed E-state index contributed by atoms with van der Waals surface area (Å²) in [4.78, 5) is 4.69. The molecule has 0 amide bonds. The van der Waals surface area contributed by atoms with E-state index in [0.717, 1.165) is 34.2 Å². The Bertz CT molecular complexity index is 838. The van der Waals surface area contributed by atoms with Crippen molar-refractivity contribution in [2.75, 3.05) is 0 Å². The molecule has 2 aromatic heterocycles. The molecule has 4 heteroatoms. The SMILES string of the molecule is Cc1cccc(C2NCc3c(Cl)cccc3-n3cccc32)n1. The quantitative estimate of drug-likeness (QED) is 0.735. The van der Waals surface area contributed by atoms with E-state index in [1.165, 1.54) is 5.69 Å². The summed E-state index contributed by atoms with van der Waals surface area (Å²) in [6.45, 7) is 2.74. The van der Waals surface area contributed by atoms with Gasteiger partial charge < -0.3 is 4.57 Å². The van der Waals surface area contributed by atoms with Crippen molar-refractivity contribution >= 4 is 11.6 Å². The van der Waals surface area contributed by atoms with E-state index in [-0.39, 0.29) is 6.04 Å². The molecule has 0 saturated carbocycles. The summed E-state index contributed by atoms with van der Waals surface area (Å²) in [5.41, 5.74) is 5.49. The Labute approximate surface area is 134 Å². The van der Waals surface area contributed by atoms with E-state index in [0.29, 0.717) is 0 Å². The molecule has 0 saturated heterocycles. The van der Waals surface area contributed by atoms with E-state index in [1.807, 2.05) is 25.1 Å². The molecular weight excluding hydrogens is 294 g/mol. The highest BCUT2D eigenvalue weighted by Crippen LogP contribution is 2.32. The van der Waals surface area contributed by atoms with E-state index >= 15 is 0 Å². The van der Waals surface area contributed by atoms with Crippen molar-refractivity contribution in [1.29, 1.82) is 0 Å². The number of aromatic nitrogens is 2. The van der Waals surface area contributed by atoms with Gasteiger partial charge in [-0.05, 0) is 43.3 Å². The van der Waals surface area contributed by atoms with E-state index in [1.54, 1.807) is 0 Å². The molecule has 3 heterocycles. The molecule has 0 radical (unpaired) electrons. The number of benzene rings is 1. The van der Waals surface area contributed by atoms with Crippen LogP contribution < -0.4 is 5.32 Å². The lowest BCUT2D eigenvalue weighted by Crippen LogP contribution is -2.22. The Morgan fingerprint density at radius 1 is 1.14 bits per heavy atom. The third kappa shape index (κ3) is 2.14. The summed E-state index contributed by atoms with van der Waals surface area (Å²) in [5, 5.41) is 4.39. The number of nitrogens with zero attached hydrogens (tertiary/aromatic N) is 2. The van der Waals surface area contributed by atoms with Crippen LogP contribution in [0, 0.1) is 6.92 Å². The van der Waals surface area contributed by atoms with Gasteiger partial charge in [-0.3, -0.25) is 10.3 Å². The number of rotatable bonds is 1. The van der Waals surface area contributed by atoms with Crippen LogP contribution in [0.25, 0.3) is 5.69 Å². The lowest BCUT2D eigenvalue weighted by atomic mass is 10.1. The fraction of sp³-hybridized carbons (Fsp3) is 0.167. The summed E-state index contributed by atoms with van der Waals surface area (Å²) in [6, 6.07) is 16.4. The lowest BCUT2D eigenvalue weighted by molar-refractivity contribution is 0.586. The highest BCUT2D eigenvalue weighted by molar-refractivity contribution is 6.31. The number of pyridine rings is 1. The first-order valence-corrected chi connectivity index (χ1v) is 7.74. The molecule has 0 fully saturated rings. The summed E-state index contributed by atoms with van der Waals surface area (Å²) >= 11 is 6.40. The molecule has 3 nitrogen and oxygen atoms in total. The third-order valence-electron chi connectivity index (χ3n) is 4.12. The zero-order chi connectivity index (χ0) is 15.1. The van der Waals surface area contributed by atoms with Gasteiger partial charge in [0.1, 0.15) is 0 Å². The number of aryl methyl sites for hydroxylation is 1. The van der Waals surface area contributed by atoms with Crippen molar-refractivity contribution in [3.05, 3.63) is 82.4 Å². The minimum Gasteiger partial charge on any atom is -0.319 e. The Hall–Kier alpha value is -2.10. The molecule has 0 bridgehead atoms. The van der Waals surface area contributed by atoms with Gasteiger partial charge in [0.25, 0.3) is 0 Å². The van der Waals surface area contributed by atoms with Gasteiger partial charge in [-0.25, -0.2) is 0 Å². The van der Waals surface area contributed by atoms with Gasteiger partial charge in [-0.2, -0.15) is 0 Å². The van der Waals surface area contributed by atoms with Gasteiger partial charge in [0.05, 0.1) is 17.4 Å². The zero-order valence-corrected chi connectivity index (χ0v) is 13.0. The van der Waals surface area contributed by atoms with Crippen LogP contribution in [0.5, 0.6) is 0 Å². The van der Waals surface area contributed by atoms with Crippen molar-refractivity contribution in [1.82, 2.24) is 14.9 Å². The molecule has 1 atom stereocenters. The molecule has 1 unspecified atom stereocenters. The number of hydrogen-bond acceptors (Lipinski definition) is 2. The third-order valence-corrected chi connectivity index (χ3v) is 4.47. The van der Waals surface area contributed by atoms with E-state index < -0.39 is 0 Å². The van der Waals surface area contributed by atoms with E-state index in [9.17, 15) is 0 Å². The van der Waals surface area contributed by atoms with Crippen LogP contribution in [0.1, 0.15) is 28.7 Å². The molecule has 1 N–H and O–H groups in total. The topological polar surface area (TPSA) is 29.9 Å². The minimum absolute atomic E-state index is 0.0540. The van der Waals surface area contributed by atoms with Crippen LogP contribution >= 0.6 is 11.6 Å². The van der Waals surface area contributed by atoms with Gasteiger partial charge in [0.2, 0.25) is 0 Å². The van der Waals surface area contributed by atoms with Gasteiger partial charge in [-0.1, -0.05) is 23.7 Å². The first-order chi connectivity index (χ1) is 10.7. The highest BCUT2D eigenvalue weighted by atomic mass is 35.5. The molecule has 110 valence electrons. The highest BCUT2D eigenvalue weighted by Gasteiger charge is 2.24. The lowest BCUT2D eigenvalue weighted by Gasteiger charge is -2.17. The predicted octanol–water partition coefficient (Wildman–Crippen LogP) is 4.03. The largest absolute Gasteiger partial charge is 0.319 e. The fourth-order valence-corrected chi connectivity index (χ4v) is 3.32. The Kier molecular flexibility index (Phi) is 3.25. The minimum atomic E-state index is 0.0540. The maximum Gasteiger partial charge on any atom is 0.0911 e. The summed E-state index contributed by atoms with van der Waals surface area (Å²) in [5.74, 6) is 0. The van der Waals surface area contributed by atoms with Crippen molar-refractivity contribution in [2.45, 2.75) is 19.5 Å². The fourth-order valence-electron chi connectivity index (χ4n) is 3.09. The molecule has 4 rings (SSSR count). The molecule has 0 spiro atoms. The number of hydrogen-bond donors (Lipinski definition) is 1. The van der Waals surface area contributed by atoms with Crippen LogP contribution in [0.15, 0.2) is 54.7 Å². The van der Waals surface area contributed by atoms with Crippen molar-refractivity contribution in [3.8, 4) is 5.69 Å². The van der Waals surface area contributed by atoms with Gasteiger partial charge >= 0.3 is 0 Å². The van der Waals surface area contributed by atoms with Crippen molar-refractivity contribution in [3.63, 3.8) is 0 Å². The van der Waals surface area contributed by atoms with Crippen molar-refractivity contribution < 1.29 is 0 Å². The Morgan fingerprint density at radius 3 is 2.86 bits per heavy atom. The Morgan fingerprint density at radius 2 is 2.00 bits per heavy atom. The summed E-state index contributed by atoms with van der Waals surface area (Å²) in [6.07, 6.45) is 2.08. The van der Waals surface area contributed by atoms with Gasteiger partial charge in [0, 0.05) is 34.7 Å². The second-order valence-electron chi connectivity index (χ2n) is 5.56. The predicted molar refractivity (Wildman–Crippen MR) is 88.4 cm³/mol. The molecule has 0 aliphatic carbocycles. The summed E-state index contributed by atoms with van der Waals surface area (Å²) in [7, 11) is 0. The number of fused-ring (bicyclic) bond motifs is 3. The smallest absolute Gasteiger partial charge is 0.0911 e. The maximum absolute atomic E-state index is 6.40. The number of nitrogens with one attached hydrogen (secondary N) is 1. The maximum atomic E-state index is 6.40. The first kappa shape index (κ1) is 13.6. The molecule has 22 heavy (non-hydrogen) atoms. The van der Waals surface area contributed by atoms with Crippen molar-refractivity contribution in [2.24, 2.45) is 0 Å². The van der Waals surface area contributed by atoms with Crippen LogP contribution in [0.2, 0.25) is 5.02 Å². The van der Waals surface area contributed by atoms with Gasteiger partial charge in [0.15, 0.2) is 0 Å². The monoisotopic (exact) mass is 309 g/mol. The van der Waals surface area contributed by atoms with Crippen LogP contribution in [-0.4, -0.2) is 9.55 Å². The van der Waals surface area contributed by atoms with E-state index in [4.69, 9.17) is 16.6 Å². The van der Waals surface area contributed by atoms with E-state index in [2.05, 4.69) is 46.4 Å². The number of halogens is 1. The zero-order valence-electron chi connectivity index (χ0n) is 12.3. The average Bonchev–Trinajstić information content (AvgIpc) is 2.92. The standard InChI is InChI=1S/C18H16ClN3/c1-12-5-2-7-15(21-12)18-17-9-4-10-22(17)16-8-3-6-14(19)13(16)11-20-18/h2-10,18,20H,11H2,1H3. The second kappa shape index (κ2) is 5.27. The second-order valence-corrected chi connectivity index (χ2v) is 5.97. The summed E-state index contributed by atoms with van der Waals surface area (Å²) < 4.78 is 2.20. The first-order valence-electron chi connectivity index (χ1n) is 7.36. The Balaban J connectivity index is 1.89. The molecule has 3 aromatic rings. The molecular formula is C18H16ClN3. The van der Waals surface area contributed by atoms with Gasteiger partial charge in [-0.15, -0.1) is 0 Å². The molecule has 1 aliphatic rings. The molecule has 1 aromatic carbocycles. The van der Waals surface area contributed by atoms with Crippen LogP contribution in [-0.2, 0) is 6.54 Å². The molecule has 1 aliphatic heterocycles.